The minimum atomic E-state index is -0.0463. The predicted octanol–water partition coefficient (Wildman–Crippen LogP) is 2.49. The Kier molecular flexibility index (Phi) is 2.02. The standard InChI is InChI=1S/C8H7BrClNO/c9-6-2-4(10)1-5-7(11)3-12-8(5)6/h1-2,7H,3,11H2. The molecule has 0 fully saturated rings. The number of hydrogen-bond acceptors (Lipinski definition) is 2. The number of halogens is 2. The highest BCUT2D eigenvalue weighted by molar-refractivity contribution is 9.10. The molecule has 1 aromatic carbocycles. The fraction of sp³-hybridized carbons (Fsp3) is 0.250. The second-order valence-electron chi connectivity index (χ2n) is 2.72. The van der Waals surface area contributed by atoms with E-state index in [1.165, 1.54) is 0 Å². The zero-order chi connectivity index (χ0) is 8.72. The Labute approximate surface area is 83.8 Å². The summed E-state index contributed by atoms with van der Waals surface area (Å²) in [6, 6.07) is 3.60. The van der Waals surface area contributed by atoms with Gasteiger partial charge in [-0.2, -0.15) is 0 Å². The summed E-state index contributed by atoms with van der Waals surface area (Å²) in [6.07, 6.45) is 0. The Bertz CT molecular complexity index is 329. The number of hydrogen-bond donors (Lipinski definition) is 1. The zero-order valence-electron chi connectivity index (χ0n) is 6.18. The monoisotopic (exact) mass is 247 g/mol. The lowest BCUT2D eigenvalue weighted by molar-refractivity contribution is 0.331. The maximum absolute atomic E-state index is 5.85. The normalized spacial score (nSPS) is 20.4. The molecule has 1 atom stereocenters. The van der Waals surface area contributed by atoms with Crippen LogP contribution in [-0.4, -0.2) is 6.61 Å². The lowest BCUT2D eigenvalue weighted by Crippen LogP contribution is -2.10. The van der Waals surface area contributed by atoms with Gasteiger partial charge in [-0.15, -0.1) is 0 Å². The third-order valence-electron chi connectivity index (χ3n) is 1.84. The number of nitrogens with two attached hydrogens (primary N) is 1. The first kappa shape index (κ1) is 8.35. The van der Waals surface area contributed by atoms with E-state index >= 15 is 0 Å². The Balaban J connectivity index is 2.60. The largest absolute Gasteiger partial charge is 0.490 e. The summed E-state index contributed by atoms with van der Waals surface area (Å²) in [5.74, 6) is 0.826. The van der Waals surface area contributed by atoms with Crippen molar-refractivity contribution in [1.82, 2.24) is 0 Å². The Morgan fingerprint density at radius 3 is 3.08 bits per heavy atom. The van der Waals surface area contributed by atoms with Crippen LogP contribution >= 0.6 is 27.5 Å². The summed E-state index contributed by atoms with van der Waals surface area (Å²) in [5, 5.41) is 0.682. The highest BCUT2D eigenvalue weighted by atomic mass is 79.9. The Morgan fingerprint density at radius 2 is 2.33 bits per heavy atom. The van der Waals surface area contributed by atoms with Crippen LogP contribution in [0.5, 0.6) is 5.75 Å². The SMILES string of the molecule is NC1COc2c(Br)cc(Cl)cc21. The first-order valence-electron chi connectivity index (χ1n) is 3.56. The molecule has 1 unspecified atom stereocenters. The average molecular weight is 249 g/mol. The lowest BCUT2D eigenvalue weighted by atomic mass is 10.1. The highest BCUT2D eigenvalue weighted by Crippen LogP contribution is 2.39. The van der Waals surface area contributed by atoms with E-state index in [0.29, 0.717) is 11.6 Å². The van der Waals surface area contributed by atoms with Crippen LogP contribution in [0, 0.1) is 0 Å². The van der Waals surface area contributed by atoms with Crippen molar-refractivity contribution in [3.05, 3.63) is 27.2 Å². The van der Waals surface area contributed by atoms with Gasteiger partial charge >= 0.3 is 0 Å². The van der Waals surface area contributed by atoms with Crippen molar-refractivity contribution < 1.29 is 4.74 Å². The minimum Gasteiger partial charge on any atom is -0.490 e. The third-order valence-corrected chi connectivity index (χ3v) is 2.65. The van der Waals surface area contributed by atoms with Crippen LogP contribution in [0.25, 0.3) is 0 Å². The van der Waals surface area contributed by atoms with Gasteiger partial charge in [0.1, 0.15) is 12.4 Å². The maximum Gasteiger partial charge on any atom is 0.138 e. The van der Waals surface area contributed by atoms with Crippen molar-refractivity contribution in [1.29, 1.82) is 0 Å². The van der Waals surface area contributed by atoms with E-state index in [9.17, 15) is 0 Å². The summed E-state index contributed by atoms with van der Waals surface area (Å²) >= 11 is 9.21. The van der Waals surface area contributed by atoms with Crippen LogP contribution in [0.2, 0.25) is 5.02 Å². The molecular weight excluding hydrogens is 241 g/mol. The van der Waals surface area contributed by atoms with E-state index < -0.39 is 0 Å². The number of rotatable bonds is 0. The topological polar surface area (TPSA) is 35.2 Å². The summed E-state index contributed by atoms with van der Waals surface area (Å²) in [6.45, 7) is 0.536. The lowest BCUT2D eigenvalue weighted by Gasteiger charge is -2.02. The molecule has 12 heavy (non-hydrogen) atoms. The smallest absolute Gasteiger partial charge is 0.138 e. The van der Waals surface area contributed by atoms with Gasteiger partial charge in [0.2, 0.25) is 0 Å². The van der Waals surface area contributed by atoms with Crippen molar-refractivity contribution in [2.75, 3.05) is 6.61 Å². The molecule has 0 saturated heterocycles. The fourth-order valence-corrected chi connectivity index (χ4v) is 2.22. The summed E-state index contributed by atoms with van der Waals surface area (Å²) < 4.78 is 6.24. The van der Waals surface area contributed by atoms with Gasteiger partial charge in [-0.25, -0.2) is 0 Å². The highest BCUT2D eigenvalue weighted by Gasteiger charge is 2.23. The molecule has 0 bridgehead atoms. The van der Waals surface area contributed by atoms with Gasteiger partial charge in [0.15, 0.2) is 0 Å². The van der Waals surface area contributed by atoms with Crippen molar-refractivity contribution in [2.24, 2.45) is 5.73 Å². The van der Waals surface area contributed by atoms with Gasteiger partial charge < -0.3 is 10.5 Å². The third kappa shape index (κ3) is 1.22. The molecule has 0 aromatic heterocycles. The van der Waals surface area contributed by atoms with Gasteiger partial charge in [0, 0.05) is 10.6 Å². The molecule has 64 valence electrons. The van der Waals surface area contributed by atoms with E-state index in [1.807, 2.05) is 6.07 Å². The molecule has 2 N–H and O–H groups in total. The van der Waals surface area contributed by atoms with Gasteiger partial charge in [-0.3, -0.25) is 0 Å². The maximum atomic E-state index is 5.85. The van der Waals surface area contributed by atoms with E-state index in [-0.39, 0.29) is 6.04 Å². The Hall–Kier alpha value is -0.250. The molecule has 1 aliphatic rings. The molecule has 2 rings (SSSR count). The number of ether oxygens (including phenoxy) is 1. The Morgan fingerprint density at radius 1 is 1.58 bits per heavy atom. The summed E-state index contributed by atoms with van der Waals surface area (Å²) in [4.78, 5) is 0. The summed E-state index contributed by atoms with van der Waals surface area (Å²) in [5.41, 5.74) is 6.76. The molecule has 0 saturated carbocycles. The molecular formula is C8H7BrClNO. The molecule has 4 heteroatoms. The van der Waals surface area contributed by atoms with Crippen LogP contribution in [-0.2, 0) is 0 Å². The van der Waals surface area contributed by atoms with E-state index in [4.69, 9.17) is 22.1 Å². The van der Waals surface area contributed by atoms with Gasteiger partial charge in [0.25, 0.3) is 0 Å². The number of fused-ring (bicyclic) bond motifs is 1. The molecule has 0 radical (unpaired) electrons. The van der Waals surface area contributed by atoms with Crippen LogP contribution < -0.4 is 10.5 Å². The second-order valence-corrected chi connectivity index (χ2v) is 4.01. The van der Waals surface area contributed by atoms with Gasteiger partial charge in [-0.1, -0.05) is 11.6 Å². The van der Waals surface area contributed by atoms with Crippen molar-refractivity contribution in [3.63, 3.8) is 0 Å². The number of benzene rings is 1. The molecule has 0 amide bonds. The second kappa shape index (κ2) is 2.91. The molecule has 1 aromatic rings. The average Bonchev–Trinajstić information content (AvgIpc) is 2.33. The fourth-order valence-electron chi connectivity index (χ4n) is 1.27. The first-order valence-corrected chi connectivity index (χ1v) is 4.73. The molecule has 2 nitrogen and oxygen atoms in total. The van der Waals surface area contributed by atoms with Crippen LogP contribution in [0.1, 0.15) is 11.6 Å². The summed E-state index contributed by atoms with van der Waals surface area (Å²) in [7, 11) is 0. The minimum absolute atomic E-state index is 0.0463. The molecule has 1 aliphatic heterocycles. The van der Waals surface area contributed by atoms with Crippen molar-refractivity contribution in [3.8, 4) is 5.75 Å². The first-order chi connectivity index (χ1) is 5.68. The van der Waals surface area contributed by atoms with E-state index in [0.717, 1.165) is 15.8 Å². The quantitative estimate of drug-likeness (QED) is 0.766. The van der Waals surface area contributed by atoms with E-state index in [2.05, 4.69) is 15.9 Å². The van der Waals surface area contributed by atoms with Crippen molar-refractivity contribution >= 4 is 27.5 Å². The van der Waals surface area contributed by atoms with Gasteiger partial charge in [-0.05, 0) is 28.1 Å². The van der Waals surface area contributed by atoms with Crippen LogP contribution in [0.15, 0.2) is 16.6 Å². The predicted molar refractivity (Wildman–Crippen MR) is 51.6 cm³/mol. The molecule has 0 aliphatic carbocycles. The van der Waals surface area contributed by atoms with Crippen molar-refractivity contribution in [2.45, 2.75) is 6.04 Å². The van der Waals surface area contributed by atoms with Crippen LogP contribution in [0.4, 0.5) is 0 Å². The van der Waals surface area contributed by atoms with Gasteiger partial charge in [0.05, 0.1) is 10.5 Å². The van der Waals surface area contributed by atoms with E-state index in [1.54, 1.807) is 6.07 Å². The zero-order valence-corrected chi connectivity index (χ0v) is 8.52. The molecule has 1 heterocycles. The molecule has 0 spiro atoms. The van der Waals surface area contributed by atoms with Crippen LogP contribution in [0.3, 0.4) is 0 Å².